The van der Waals surface area contributed by atoms with Gasteiger partial charge in [-0.1, -0.05) is 48.5 Å². The second-order valence-electron chi connectivity index (χ2n) is 8.37. The van der Waals surface area contributed by atoms with Crippen molar-refractivity contribution in [2.45, 2.75) is 12.0 Å². The maximum absolute atomic E-state index is 12.8. The average Bonchev–Trinajstić information content (AvgIpc) is 3.27. The Labute approximate surface area is 210 Å². The number of benzene rings is 4. The summed E-state index contributed by atoms with van der Waals surface area (Å²) >= 11 is 0. The molecule has 0 spiro atoms. The molecule has 0 aromatic heterocycles. The Morgan fingerprint density at radius 2 is 1.42 bits per heavy atom. The van der Waals surface area contributed by atoms with Gasteiger partial charge in [0.1, 0.15) is 17.6 Å². The van der Waals surface area contributed by atoms with E-state index in [1.165, 1.54) is 0 Å². The largest absolute Gasteiger partial charge is 0.497 e. The van der Waals surface area contributed by atoms with Crippen LogP contribution in [-0.4, -0.2) is 25.9 Å². The van der Waals surface area contributed by atoms with Crippen LogP contribution in [0.4, 0.5) is 5.69 Å². The summed E-state index contributed by atoms with van der Waals surface area (Å²) in [6, 6.07) is 32.7. The second kappa shape index (κ2) is 10.4. The molecule has 0 saturated carbocycles. The molecule has 6 nitrogen and oxygen atoms in total. The van der Waals surface area contributed by atoms with Crippen LogP contribution in [0.2, 0.25) is 0 Å². The summed E-state index contributed by atoms with van der Waals surface area (Å²) in [6.07, 6.45) is -0.555. The van der Waals surface area contributed by atoms with Crippen LogP contribution in [0.15, 0.2) is 108 Å². The van der Waals surface area contributed by atoms with Crippen LogP contribution in [0.25, 0.3) is 0 Å². The zero-order chi connectivity index (χ0) is 24.9. The van der Waals surface area contributed by atoms with Gasteiger partial charge in [-0.05, 0) is 65.7 Å². The predicted octanol–water partition coefficient (Wildman–Crippen LogP) is 6.22. The van der Waals surface area contributed by atoms with E-state index in [4.69, 9.17) is 19.3 Å². The number of carbonyl (C=O) groups is 1. The Balaban J connectivity index is 1.67. The highest BCUT2D eigenvalue weighted by Crippen LogP contribution is 2.43. The van der Waals surface area contributed by atoms with Gasteiger partial charge in [-0.2, -0.15) is 5.10 Å². The lowest BCUT2D eigenvalue weighted by atomic mass is 9.82. The first-order valence-electron chi connectivity index (χ1n) is 11.6. The number of anilines is 1. The number of fused-ring (bicyclic) bond motifs is 1. The normalized spacial score (nSPS) is 15.6. The van der Waals surface area contributed by atoms with Gasteiger partial charge in [0.05, 0.1) is 37.1 Å². The number of esters is 1. The molecule has 5 rings (SSSR count). The highest BCUT2D eigenvalue weighted by molar-refractivity contribution is 6.07. The summed E-state index contributed by atoms with van der Waals surface area (Å²) in [5.41, 5.74) is 7.99. The molecule has 1 heterocycles. The van der Waals surface area contributed by atoms with Gasteiger partial charge in [0.25, 0.3) is 0 Å². The number of hydrazone groups is 1. The fourth-order valence-electron chi connectivity index (χ4n) is 4.42. The smallest absolute Gasteiger partial charge is 0.339 e. The quantitative estimate of drug-likeness (QED) is 0.185. The topological polar surface area (TPSA) is 69.2 Å². The van der Waals surface area contributed by atoms with Crippen molar-refractivity contribution in [1.82, 2.24) is 0 Å². The summed E-state index contributed by atoms with van der Waals surface area (Å²) in [4.78, 5) is 12.8. The van der Waals surface area contributed by atoms with Crippen LogP contribution in [0.5, 0.6) is 11.5 Å². The molecule has 0 radical (unpaired) electrons. The van der Waals surface area contributed by atoms with E-state index in [1.54, 1.807) is 20.3 Å². The molecule has 0 unspecified atom stereocenters. The van der Waals surface area contributed by atoms with Crippen LogP contribution in [0.1, 0.15) is 39.1 Å². The maximum atomic E-state index is 12.8. The molecule has 1 aliphatic heterocycles. The van der Waals surface area contributed by atoms with Gasteiger partial charge in [0.15, 0.2) is 0 Å². The number of rotatable bonds is 8. The molecule has 0 fully saturated rings. The van der Waals surface area contributed by atoms with Gasteiger partial charge in [-0.15, -0.1) is 0 Å². The Kier molecular flexibility index (Phi) is 6.67. The predicted molar refractivity (Wildman–Crippen MR) is 140 cm³/mol. The molecule has 0 saturated heterocycles. The summed E-state index contributed by atoms with van der Waals surface area (Å²) in [5, 5.41) is 4.88. The summed E-state index contributed by atoms with van der Waals surface area (Å²) in [6.45, 7) is 0. The highest BCUT2D eigenvalue weighted by Gasteiger charge is 2.40. The zero-order valence-corrected chi connectivity index (χ0v) is 20.0. The first-order chi connectivity index (χ1) is 17.7. The van der Waals surface area contributed by atoms with Gasteiger partial charge in [-0.3, -0.25) is 5.43 Å². The van der Waals surface area contributed by atoms with Crippen molar-refractivity contribution in [1.29, 1.82) is 0 Å². The van der Waals surface area contributed by atoms with Crippen LogP contribution in [-0.2, 0) is 4.74 Å². The summed E-state index contributed by atoms with van der Waals surface area (Å²) in [5.74, 6) is 0.756. The van der Waals surface area contributed by atoms with Crippen molar-refractivity contribution in [2.75, 3.05) is 19.6 Å². The number of cyclic esters (lactones) is 1. The molecular formula is C30H26N2O4. The van der Waals surface area contributed by atoms with Crippen LogP contribution >= 0.6 is 0 Å². The van der Waals surface area contributed by atoms with E-state index in [2.05, 4.69) is 5.43 Å². The summed E-state index contributed by atoms with van der Waals surface area (Å²) < 4.78 is 16.8. The van der Waals surface area contributed by atoms with Crippen molar-refractivity contribution >= 4 is 17.4 Å². The van der Waals surface area contributed by atoms with E-state index in [9.17, 15) is 4.79 Å². The molecule has 2 atom stereocenters. The minimum Gasteiger partial charge on any atom is -0.497 e. The fraction of sp³-hybridized carbons (Fsp3) is 0.133. The first kappa shape index (κ1) is 23.2. The van der Waals surface area contributed by atoms with Gasteiger partial charge in [0, 0.05) is 5.56 Å². The third-order valence-electron chi connectivity index (χ3n) is 6.26. The molecular weight excluding hydrogens is 452 g/mol. The first-order valence-corrected chi connectivity index (χ1v) is 11.6. The highest BCUT2D eigenvalue weighted by atomic mass is 16.5. The minimum atomic E-state index is -0.555. The fourth-order valence-corrected chi connectivity index (χ4v) is 4.42. The van der Waals surface area contributed by atoms with Crippen molar-refractivity contribution in [3.8, 4) is 11.5 Å². The van der Waals surface area contributed by atoms with Crippen molar-refractivity contribution in [3.63, 3.8) is 0 Å². The van der Waals surface area contributed by atoms with Crippen molar-refractivity contribution in [3.05, 3.63) is 125 Å². The van der Waals surface area contributed by atoms with Gasteiger partial charge < -0.3 is 14.2 Å². The van der Waals surface area contributed by atoms with Crippen LogP contribution < -0.4 is 14.9 Å². The number of carbonyl (C=O) groups excluding carboxylic acids is 1. The lowest BCUT2D eigenvalue weighted by Gasteiger charge is -2.26. The van der Waals surface area contributed by atoms with Gasteiger partial charge in [0.2, 0.25) is 0 Å². The third-order valence-corrected chi connectivity index (χ3v) is 6.26. The van der Waals surface area contributed by atoms with E-state index in [0.29, 0.717) is 5.56 Å². The van der Waals surface area contributed by atoms with E-state index in [1.807, 2.05) is 97.1 Å². The number of hydrogen-bond acceptors (Lipinski definition) is 6. The SMILES string of the molecule is COc1ccc(/C(=N/Nc2ccccc2)[C@@H](c2ccc(OC)cc2)[C@H]2OC(=O)c3ccccc32)cc1. The van der Waals surface area contributed by atoms with E-state index >= 15 is 0 Å². The van der Waals surface area contributed by atoms with E-state index in [-0.39, 0.29) is 5.97 Å². The van der Waals surface area contributed by atoms with Crippen LogP contribution in [0, 0.1) is 0 Å². The Hall–Kier alpha value is -4.58. The van der Waals surface area contributed by atoms with Gasteiger partial charge in [-0.25, -0.2) is 4.79 Å². The number of methoxy groups -OCH3 is 2. The number of nitrogens with one attached hydrogen (secondary N) is 1. The molecule has 1 N–H and O–H groups in total. The maximum Gasteiger partial charge on any atom is 0.339 e. The molecule has 1 aliphatic rings. The molecule has 36 heavy (non-hydrogen) atoms. The molecule has 4 aromatic carbocycles. The van der Waals surface area contributed by atoms with Crippen molar-refractivity contribution < 1.29 is 19.0 Å². The molecule has 180 valence electrons. The molecule has 6 heteroatoms. The number of nitrogens with zero attached hydrogens (tertiary/aromatic N) is 1. The molecule has 0 bridgehead atoms. The molecule has 4 aromatic rings. The van der Waals surface area contributed by atoms with Crippen molar-refractivity contribution in [2.24, 2.45) is 5.10 Å². The Morgan fingerprint density at radius 1 is 0.806 bits per heavy atom. The second-order valence-corrected chi connectivity index (χ2v) is 8.37. The third kappa shape index (κ3) is 4.66. The molecule has 0 aliphatic carbocycles. The van der Waals surface area contributed by atoms with Gasteiger partial charge >= 0.3 is 5.97 Å². The Bertz CT molecular complexity index is 1370. The lowest BCUT2D eigenvalue weighted by molar-refractivity contribution is 0.0368. The number of ether oxygens (including phenoxy) is 3. The number of para-hydroxylation sites is 1. The van der Waals surface area contributed by atoms with Crippen LogP contribution in [0.3, 0.4) is 0 Å². The minimum absolute atomic E-state index is 0.334. The Morgan fingerprint density at radius 3 is 2.08 bits per heavy atom. The molecule has 0 amide bonds. The summed E-state index contributed by atoms with van der Waals surface area (Å²) in [7, 11) is 3.27. The zero-order valence-electron chi connectivity index (χ0n) is 20.0. The standard InChI is InChI=1S/C30H26N2O4/c1-34-23-16-12-20(13-17-23)27(29-25-10-6-7-11-26(25)30(33)36-29)28(21-14-18-24(35-2)19-15-21)32-31-22-8-4-3-5-9-22/h3-19,27,29,31H,1-2H3/b32-28-/t27-,29+/m1/s1. The number of hydrogen-bond donors (Lipinski definition) is 1. The van der Waals surface area contributed by atoms with E-state index < -0.39 is 12.0 Å². The average molecular weight is 479 g/mol. The lowest BCUT2D eigenvalue weighted by Crippen LogP contribution is -2.23. The monoisotopic (exact) mass is 478 g/mol. The van der Waals surface area contributed by atoms with E-state index in [0.717, 1.165) is 39.6 Å².